The van der Waals surface area contributed by atoms with Crippen molar-refractivity contribution in [2.24, 2.45) is 5.92 Å². The monoisotopic (exact) mass is 398 g/mol. The molecule has 6 heteroatoms. The molecule has 0 unspecified atom stereocenters. The molecule has 0 spiro atoms. The molecule has 1 heterocycles. The average molecular weight is 399 g/mol. The number of amides is 2. The Morgan fingerprint density at radius 2 is 1.81 bits per heavy atom. The first-order chi connectivity index (χ1) is 13.0. The van der Waals surface area contributed by atoms with Crippen molar-refractivity contribution in [3.63, 3.8) is 0 Å². The van der Waals surface area contributed by atoms with Crippen LogP contribution in [0.2, 0.25) is 10.0 Å². The molecule has 1 aliphatic heterocycles. The van der Waals surface area contributed by atoms with E-state index in [2.05, 4.69) is 5.32 Å². The van der Waals surface area contributed by atoms with Gasteiger partial charge in [-0.2, -0.15) is 0 Å². The van der Waals surface area contributed by atoms with Gasteiger partial charge in [-0.05, 0) is 29.7 Å². The fourth-order valence-corrected chi connectivity index (χ4v) is 3.84. The lowest BCUT2D eigenvalue weighted by atomic mass is 10.1. The predicted molar refractivity (Wildman–Crippen MR) is 109 cm³/mol. The number of benzene rings is 3. The third-order valence-electron chi connectivity index (χ3n) is 4.74. The van der Waals surface area contributed by atoms with E-state index in [-0.39, 0.29) is 18.2 Å². The van der Waals surface area contributed by atoms with Crippen molar-refractivity contribution in [2.45, 2.75) is 6.42 Å². The van der Waals surface area contributed by atoms with Gasteiger partial charge in [0.05, 0.1) is 22.3 Å². The van der Waals surface area contributed by atoms with Gasteiger partial charge < -0.3 is 10.2 Å². The number of anilines is 2. The van der Waals surface area contributed by atoms with Crippen LogP contribution in [0.1, 0.15) is 6.42 Å². The molecule has 1 fully saturated rings. The van der Waals surface area contributed by atoms with E-state index < -0.39 is 5.92 Å². The fraction of sp³-hybridized carbons (Fsp3) is 0.143. The molecule has 0 radical (unpaired) electrons. The Hall–Kier alpha value is -2.56. The minimum atomic E-state index is -0.441. The maximum absolute atomic E-state index is 12.7. The minimum Gasteiger partial charge on any atom is -0.324 e. The van der Waals surface area contributed by atoms with Crippen LogP contribution in [-0.4, -0.2) is 18.4 Å². The number of carbonyl (C=O) groups excluding carboxylic acids is 2. The Kier molecular flexibility index (Phi) is 4.77. The summed E-state index contributed by atoms with van der Waals surface area (Å²) in [6.07, 6.45) is 0.167. The van der Waals surface area contributed by atoms with Crippen molar-refractivity contribution in [2.75, 3.05) is 16.8 Å². The second-order valence-corrected chi connectivity index (χ2v) is 7.36. The Morgan fingerprint density at radius 1 is 1.04 bits per heavy atom. The first-order valence-electron chi connectivity index (χ1n) is 8.57. The average Bonchev–Trinajstić information content (AvgIpc) is 3.05. The summed E-state index contributed by atoms with van der Waals surface area (Å²) in [5.74, 6) is -0.729. The second kappa shape index (κ2) is 7.22. The number of carbonyl (C=O) groups is 2. The Bertz CT molecular complexity index is 1050. The van der Waals surface area contributed by atoms with Crippen LogP contribution >= 0.6 is 23.2 Å². The van der Waals surface area contributed by atoms with E-state index in [0.29, 0.717) is 22.3 Å². The summed E-state index contributed by atoms with van der Waals surface area (Å²) in [6.45, 7) is 0.337. The molecule has 0 aliphatic carbocycles. The Balaban J connectivity index is 1.56. The third-order valence-corrected chi connectivity index (χ3v) is 5.29. The number of nitrogens with one attached hydrogen (secondary N) is 1. The van der Waals surface area contributed by atoms with Gasteiger partial charge in [-0.15, -0.1) is 0 Å². The molecule has 4 nitrogen and oxygen atoms in total. The molecular weight excluding hydrogens is 383 g/mol. The zero-order valence-corrected chi connectivity index (χ0v) is 15.8. The third kappa shape index (κ3) is 3.51. The Labute approximate surface area is 166 Å². The van der Waals surface area contributed by atoms with Crippen LogP contribution in [0, 0.1) is 5.92 Å². The van der Waals surface area contributed by atoms with Crippen LogP contribution in [0.4, 0.5) is 11.4 Å². The number of hydrogen-bond donors (Lipinski definition) is 1. The molecule has 4 rings (SSSR count). The van der Waals surface area contributed by atoms with Gasteiger partial charge in [-0.25, -0.2) is 0 Å². The normalized spacial score (nSPS) is 16.7. The number of hydrogen-bond acceptors (Lipinski definition) is 2. The standard InChI is InChI=1S/C21H16Cl2N2O2/c22-15-8-9-18(17(23)11-15)24-21(27)14-10-20(26)25(12-14)19-7-3-5-13-4-1-2-6-16(13)19/h1-9,11,14H,10,12H2,(H,24,27)/t14-/m1/s1. The van der Waals surface area contributed by atoms with E-state index in [4.69, 9.17) is 23.2 Å². The zero-order chi connectivity index (χ0) is 19.0. The molecule has 1 N–H and O–H groups in total. The molecule has 0 bridgehead atoms. The lowest BCUT2D eigenvalue weighted by molar-refractivity contribution is -0.122. The molecule has 3 aromatic carbocycles. The molecule has 1 aliphatic rings. The van der Waals surface area contributed by atoms with Gasteiger partial charge in [0.25, 0.3) is 0 Å². The van der Waals surface area contributed by atoms with E-state index in [1.54, 1.807) is 23.1 Å². The van der Waals surface area contributed by atoms with E-state index in [1.165, 1.54) is 0 Å². The van der Waals surface area contributed by atoms with Crippen LogP contribution in [0.25, 0.3) is 10.8 Å². The number of halogens is 2. The maximum atomic E-state index is 12.7. The quantitative estimate of drug-likeness (QED) is 0.663. The molecule has 0 aromatic heterocycles. The van der Waals surface area contributed by atoms with Crippen molar-refractivity contribution < 1.29 is 9.59 Å². The van der Waals surface area contributed by atoms with Crippen molar-refractivity contribution in [3.8, 4) is 0 Å². The molecular formula is C21H16Cl2N2O2. The molecule has 3 aromatic rings. The lowest BCUT2D eigenvalue weighted by Gasteiger charge is -2.19. The van der Waals surface area contributed by atoms with Crippen molar-refractivity contribution in [1.29, 1.82) is 0 Å². The number of nitrogens with zero attached hydrogens (tertiary/aromatic N) is 1. The van der Waals surface area contributed by atoms with Crippen LogP contribution in [0.5, 0.6) is 0 Å². The first kappa shape index (κ1) is 17.8. The van der Waals surface area contributed by atoms with Crippen LogP contribution in [0.3, 0.4) is 0 Å². The molecule has 27 heavy (non-hydrogen) atoms. The summed E-state index contributed by atoms with van der Waals surface area (Å²) >= 11 is 12.0. The van der Waals surface area contributed by atoms with Crippen molar-refractivity contribution in [1.82, 2.24) is 0 Å². The van der Waals surface area contributed by atoms with E-state index in [1.807, 2.05) is 42.5 Å². The summed E-state index contributed by atoms with van der Waals surface area (Å²) in [6, 6.07) is 18.6. The topological polar surface area (TPSA) is 49.4 Å². The van der Waals surface area contributed by atoms with Crippen LogP contribution in [0.15, 0.2) is 60.7 Å². The molecule has 2 amide bonds. The molecule has 136 valence electrons. The van der Waals surface area contributed by atoms with E-state index in [0.717, 1.165) is 16.5 Å². The smallest absolute Gasteiger partial charge is 0.229 e. The van der Waals surface area contributed by atoms with Gasteiger partial charge in [0.2, 0.25) is 11.8 Å². The summed E-state index contributed by atoms with van der Waals surface area (Å²) < 4.78 is 0. The van der Waals surface area contributed by atoms with Gasteiger partial charge in [0.1, 0.15) is 0 Å². The van der Waals surface area contributed by atoms with Crippen molar-refractivity contribution in [3.05, 3.63) is 70.7 Å². The highest BCUT2D eigenvalue weighted by Crippen LogP contribution is 2.32. The first-order valence-corrected chi connectivity index (χ1v) is 9.32. The molecule has 1 saturated heterocycles. The second-order valence-electron chi connectivity index (χ2n) is 6.52. The summed E-state index contributed by atoms with van der Waals surface area (Å²) in [5, 5.41) is 5.72. The van der Waals surface area contributed by atoms with Crippen molar-refractivity contribution >= 4 is 57.2 Å². The number of fused-ring (bicyclic) bond motifs is 1. The zero-order valence-electron chi connectivity index (χ0n) is 14.3. The van der Waals surface area contributed by atoms with Crippen LogP contribution in [-0.2, 0) is 9.59 Å². The highest BCUT2D eigenvalue weighted by molar-refractivity contribution is 6.36. The summed E-state index contributed by atoms with van der Waals surface area (Å²) in [4.78, 5) is 26.9. The number of rotatable bonds is 3. The van der Waals surface area contributed by atoms with Gasteiger partial charge in [-0.3, -0.25) is 9.59 Å². The molecule has 1 atom stereocenters. The van der Waals surface area contributed by atoms with E-state index >= 15 is 0 Å². The summed E-state index contributed by atoms with van der Waals surface area (Å²) in [7, 11) is 0. The Morgan fingerprint density at radius 3 is 2.63 bits per heavy atom. The lowest BCUT2D eigenvalue weighted by Crippen LogP contribution is -2.28. The maximum Gasteiger partial charge on any atom is 0.229 e. The van der Waals surface area contributed by atoms with E-state index in [9.17, 15) is 9.59 Å². The predicted octanol–water partition coefficient (Wildman–Crippen LogP) is 5.14. The summed E-state index contributed by atoms with van der Waals surface area (Å²) in [5.41, 5.74) is 1.32. The SMILES string of the molecule is O=C(Nc1ccc(Cl)cc1Cl)[C@@H]1CC(=O)N(c2cccc3ccccc23)C1. The highest BCUT2D eigenvalue weighted by atomic mass is 35.5. The van der Waals surface area contributed by atoms with Gasteiger partial charge in [0, 0.05) is 23.4 Å². The highest BCUT2D eigenvalue weighted by Gasteiger charge is 2.35. The minimum absolute atomic E-state index is 0.0614. The van der Waals surface area contributed by atoms with Crippen LogP contribution < -0.4 is 10.2 Å². The van der Waals surface area contributed by atoms with Gasteiger partial charge in [-0.1, -0.05) is 59.6 Å². The molecule has 0 saturated carbocycles. The van der Waals surface area contributed by atoms with Gasteiger partial charge in [0.15, 0.2) is 0 Å². The fourth-order valence-electron chi connectivity index (χ4n) is 3.39. The largest absolute Gasteiger partial charge is 0.324 e. The van der Waals surface area contributed by atoms with Gasteiger partial charge >= 0.3 is 0 Å².